The van der Waals surface area contributed by atoms with E-state index in [0.29, 0.717) is 12.5 Å². The molecule has 0 spiro atoms. The van der Waals surface area contributed by atoms with Crippen LogP contribution in [0.3, 0.4) is 0 Å². The van der Waals surface area contributed by atoms with Crippen molar-refractivity contribution in [2.45, 2.75) is 25.3 Å². The lowest BCUT2D eigenvalue weighted by molar-refractivity contribution is 0.162. The van der Waals surface area contributed by atoms with Crippen LogP contribution in [0, 0.1) is 17.6 Å². The van der Waals surface area contributed by atoms with E-state index < -0.39 is 0 Å². The van der Waals surface area contributed by atoms with Gasteiger partial charge >= 0.3 is 0 Å². The first-order valence-electron chi connectivity index (χ1n) is 8.58. The van der Waals surface area contributed by atoms with Gasteiger partial charge < -0.3 is 5.73 Å². The number of benzene rings is 2. The third kappa shape index (κ3) is 4.19. The molecule has 0 aliphatic carbocycles. The standard InChI is InChI=1S/C20H24F2N2/c21-18-6-4-15(5-7-18)14-24-10-8-16(9-11-24)20(13-23)17-2-1-3-19(22)12-17/h1-7,12,16,20H,8-11,13-14,23H2. The van der Waals surface area contributed by atoms with Crippen molar-refractivity contribution in [3.8, 4) is 0 Å². The lowest BCUT2D eigenvalue weighted by Crippen LogP contribution is -2.36. The molecule has 128 valence electrons. The highest BCUT2D eigenvalue weighted by atomic mass is 19.1. The fraction of sp³-hybridized carbons (Fsp3) is 0.400. The molecule has 2 N–H and O–H groups in total. The molecule has 1 unspecified atom stereocenters. The summed E-state index contributed by atoms with van der Waals surface area (Å²) < 4.78 is 26.5. The second-order valence-electron chi connectivity index (χ2n) is 6.64. The van der Waals surface area contributed by atoms with E-state index in [-0.39, 0.29) is 17.6 Å². The Morgan fingerprint density at radius 1 is 1.00 bits per heavy atom. The van der Waals surface area contributed by atoms with Gasteiger partial charge in [0.05, 0.1) is 0 Å². The molecule has 1 atom stereocenters. The summed E-state index contributed by atoms with van der Waals surface area (Å²) in [5.74, 6) is 0.313. The number of nitrogens with zero attached hydrogens (tertiary/aromatic N) is 1. The largest absolute Gasteiger partial charge is 0.330 e. The smallest absolute Gasteiger partial charge is 0.123 e. The molecular weight excluding hydrogens is 306 g/mol. The molecule has 0 amide bonds. The summed E-state index contributed by atoms with van der Waals surface area (Å²) in [7, 11) is 0. The van der Waals surface area contributed by atoms with Crippen LogP contribution in [0.15, 0.2) is 48.5 Å². The van der Waals surface area contributed by atoms with Gasteiger partial charge in [-0.25, -0.2) is 8.78 Å². The van der Waals surface area contributed by atoms with E-state index in [4.69, 9.17) is 5.73 Å². The van der Waals surface area contributed by atoms with E-state index in [1.54, 1.807) is 12.1 Å². The summed E-state index contributed by atoms with van der Waals surface area (Å²) in [6.07, 6.45) is 2.11. The zero-order valence-electron chi connectivity index (χ0n) is 13.8. The van der Waals surface area contributed by atoms with Crippen molar-refractivity contribution >= 4 is 0 Å². The van der Waals surface area contributed by atoms with Crippen LogP contribution in [0.5, 0.6) is 0 Å². The summed E-state index contributed by atoms with van der Waals surface area (Å²) >= 11 is 0. The van der Waals surface area contributed by atoms with Gasteiger partial charge in [-0.1, -0.05) is 24.3 Å². The van der Waals surface area contributed by atoms with Crippen LogP contribution in [0.2, 0.25) is 0 Å². The van der Waals surface area contributed by atoms with Crippen LogP contribution < -0.4 is 5.73 Å². The number of nitrogens with two attached hydrogens (primary N) is 1. The van der Waals surface area contributed by atoms with E-state index in [2.05, 4.69) is 4.90 Å². The molecule has 0 radical (unpaired) electrons. The number of hydrogen-bond acceptors (Lipinski definition) is 2. The molecule has 1 aliphatic heterocycles. The average molecular weight is 330 g/mol. The van der Waals surface area contributed by atoms with Crippen LogP contribution in [0.4, 0.5) is 8.78 Å². The highest BCUT2D eigenvalue weighted by molar-refractivity contribution is 5.22. The molecule has 0 aromatic heterocycles. The zero-order chi connectivity index (χ0) is 16.9. The van der Waals surface area contributed by atoms with Crippen molar-refractivity contribution in [1.29, 1.82) is 0 Å². The Morgan fingerprint density at radius 3 is 2.33 bits per heavy atom. The molecule has 0 bridgehead atoms. The topological polar surface area (TPSA) is 29.3 Å². The highest BCUT2D eigenvalue weighted by Crippen LogP contribution is 2.32. The van der Waals surface area contributed by atoms with Crippen molar-refractivity contribution in [2.24, 2.45) is 11.7 Å². The second-order valence-corrected chi connectivity index (χ2v) is 6.64. The van der Waals surface area contributed by atoms with Crippen molar-refractivity contribution in [2.75, 3.05) is 19.6 Å². The van der Waals surface area contributed by atoms with Gasteiger partial charge in [-0.3, -0.25) is 4.90 Å². The first-order chi connectivity index (χ1) is 11.7. The minimum atomic E-state index is -0.196. The molecule has 1 heterocycles. The molecule has 0 saturated carbocycles. The average Bonchev–Trinajstić information content (AvgIpc) is 2.59. The van der Waals surface area contributed by atoms with Gasteiger partial charge in [-0.2, -0.15) is 0 Å². The molecule has 1 saturated heterocycles. The van der Waals surface area contributed by atoms with E-state index >= 15 is 0 Å². The molecule has 2 aromatic carbocycles. The van der Waals surface area contributed by atoms with Gasteiger partial charge in [0.15, 0.2) is 0 Å². The minimum Gasteiger partial charge on any atom is -0.330 e. The maximum atomic E-state index is 13.5. The number of likely N-dealkylation sites (tertiary alicyclic amines) is 1. The van der Waals surface area contributed by atoms with Gasteiger partial charge in [0.1, 0.15) is 11.6 Å². The Morgan fingerprint density at radius 2 is 1.71 bits per heavy atom. The first kappa shape index (κ1) is 17.1. The van der Waals surface area contributed by atoms with E-state index in [1.165, 1.54) is 18.2 Å². The van der Waals surface area contributed by atoms with Gasteiger partial charge in [0.25, 0.3) is 0 Å². The van der Waals surface area contributed by atoms with Gasteiger partial charge in [0.2, 0.25) is 0 Å². The highest BCUT2D eigenvalue weighted by Gasteiger charge is 2.27. The molecular formula is C20H24F2N2. The Bertz CT molecular complexity index is 649. The summed E-state index contributed by atoms with van der Waals surface area (Å²) in [6, 6.07) is 13.5. The number of rotatable bonds is 5. The Labute approximate surface area is 142 Å². The van der Waals surface area contributed by atoms with Gasteiger partial charge in [-0.15, -0.1) is 0 Å². The predicted molar refractivity (Wildman–Crippen MR) is 92.6 cm³/mol. The van der Waals surface area contributed by atoms with Gasteiger partial charge in [0, 0.05) is 6.54 Å². The third-order valence-corrected chi connectivity index (χ3v) is 5.05. The number of piperidine rings is 1. The maximum absolute atomic E-state index is 13.5. The zero-order valence-corrected chi connectivity index (χ0v) is 13.8. The van der Waals surface area contributed by atoms with Crippen molar-refractivity contribution in [3.05, 3.63) is 71.3 Å². The lowest BCUT2D eigenvalue weighted by Gasteiger charge is -2.36. The molecule has 1 fully saturated rings. The van der Waals surface area contributed by atoms with Gasteiger partial charge in [-0.05, 0) is 79.7 Å². The summed E-state index contributed by atoms with van der Waals surface area (Å²) in [5.41, 5.74) is 8.13. The first-order valence-corrected chi connectivity index (χ1v) is 8.58. The predicted octanol–water partition coefficient (Wildman–Crippen LogP) is 3.92. The van der Waals surface area contributed by atoms with Crippen molar-refractivity contribution in [1.82, 2.24) is 4.90 Å². The SMILES string of the molecule is NCC(c1cccc(F)c1)C1CCN(Cc2ccc(F)cc2)CC1. The molecule has 2 aromatic rings. The molecule has 24 heavy (non-hydrogen) atoms. The van der Waals surface area contributed by atoms with Crippen LogP contribution in [-0.2, 0) is 6.54 Å². The Balaban J connectivity index is 1.58. The maximum Gasteiger partial charge on any atom is 0.123 e. The molecule has 4 heteroatoms. The second kappa shape index (κ2) is 7.86. The normalized spacial score (nSPS) is 17.8. The lowest BCUT2D eigenvalue weighted by atomic mass is 9.80. The molecule has 3 rings (SSSR count). The van der Waals surface area contributed by atoms with E-state index in [1.807, 2.05) is 18.2 Å². The van der Waals surface area contributed by atoms with Crippen molar-refractivity contribution < 1.29 is 8.78 Å². The van der Waals surface area contributed by atoms with Crippen LogP contribution in [0.1, 0.15) is 29.9 Å². The van der Waals surface area contributed by atoms with Crippen LogP contribution >= 0.6 is 0 Å². The van der Waals surface area contributed by atoms with Crippen LogP contribution in [-0.4, -0.2) is 24.5 Å². The van der Waals surface area contributed by atoms with E-state index in [9.17, 15) is 8.78 Å². The van der Waals surface area contributed by atoms with Crippen molar-refractivity contribution in [3.63, 3.8) is 0 Å². The quantitative estimate of drug-likeness (QED) is 0.900. The Hall–Kier alpha value is -1.78. The third-order valence-electron chi connectivity index (χ3n) is 5.05. The summed E-state index contributed by atoms with van der Waals surface area (Å²) in [5, 5.41) is 0. The molecule has 1 aliphatic rings. The summed E-state index contributed by atoms with van der Waals surface area (Å²) in [4.78, 5) is 2.39. The monoisotopic (exact) mass is 330 g/mol. The van der Waals surface area contributed by atoms with Crippen LogP contribution in [0.25, 0.3) is 0 Å². The summed E-state index contributed by atoms with van der Waals surface area (Å²) in [6.45, 7) is 3.38. The van der Waals surface area contributed by atoms with E-state index in [0.717, 1.165) is 43.6 Å². The fourth-order valence-electron chi connectivity index (χ4n) is 3.70. The number of halogens is 2. The molecule has 2 nitrogen and oxygen atoms in total. The fourth-order valence-corrected chi connectivity index (χ4v) is 3.70. The number of hydrogen-bond donors (Lipinski definition) is 1. The Kier molecular flexibility index (Phi) is 5.59. The minimum absolute atomic E-state index is 0.195.